The molecule has 0 bridgehead atoms. The van der Waals surface area contributed by atoms with Crippen LogP contribution in [0, 0.1) is 5.92 Å². The minimum Gasteiger partial charge on any atom is -0.388 e. The Morgan fingerprint density at radius 2 is 1.86 bits per heavy atom. The van der Waals surface area contributed by atoms with Crippen molar-refractivity contribution in [2.75, 3.05) is 19.6 Å². The molecule has 0 fully saturated rings. The van der Waals surface area contributed by atoms with Crippen LogP contribution in [0.5, 0.6) is 0 Å². The Morgan fingerprint density at radius 1 is 1.14 bits per heavy atom. The van der Waals surface area contributed by atoms with E-state index < -0.39 is 6.10 Å². The van der Waals surface area contributed by atoms with Gasteiger partial charge in [0.2, 0.25) is 0 Å². The molecule has 4 nitrogen and oxygen atoms in total. The topological polar surface area (TPSA) is 56.7 Å². The molecule has 0 aromatic heterocycles. The van der Waals surface area contributed by atoms with Crippen LogP contribution in [0.3, 0.4) is 0 Å². The van der Waals surface area contributed by atoms with Gasteiger partial charge in [0.05, 0.1) is 6.10 Å². The van der Waals surface area contributed by atoms with Crippen molar-refractivity contribution in [3.05, 3.63) is 35.9 Å². The molecule has 0 heterocycles. The van der Waals surface area contributed by atoms with Gasteiger partial charge < -0.3 is 15.7 Å². The fraction of sp³-hybridized carbons (Fsp3) is 0.588. The molecule has 0 spiro atoms. The molecule has 0 saturated heterocycles. The molecule has 0 aliphatic rings. The zero-order valence-electron chi connectivity index (χ0n) is 13.5. The van der Waals surface area contributed by atoms with Gasteiger partial charge >= 0.3 is 0 Å². The quantitative estimate of drug-likeness (QED) is 0.510. The third-order valence-corrected chi connectivity index (χ3v) is 3.22. The van der Waals surface area contributed by atoms with Gasteiger partial charge in [0.15, 0.2) is 5.96 Å². The summed E-state index contributed by atoms with van der Waals surface area (Å²) in [7, 11) is 0. The smallest absolute Gasteiger partial charge is 0.191 e. The first-order chi connectivity index (χ1) is 10.1. The number of aliphatic hydroxyl groups excluding tert-OH is 1. The zero-order chi connectivity index (χ0) is 15.5. The van der Waals surface area contributed by atoms with E-state index in [0.29, 0.717) is 18.9 Å². The second-order valence-electron chi connectivity index (χ2n) is 5.59. The Bertz CT molecular complexity index is 404. The monoisotopic (exact) mass is 291 g/mol. The Labute approximate surface area is 128 Å². The van der Waals surface area contributed by atoms with Crippen molar-refractivity contribution >= 4 is 5.96 Å². The minimum absolute atomic E-state index is 0.450. The van der Waals surface area contributed by atoms with E-state index in [0.717, 1.165) is 31.0 Å². The van der Waals surface area contributed by atoms with Crippen LogP contribution < -0.4 is 10.6 Å². The number of hydrogen-bond acceptors (Lipinski definition) is 2. The molecule has 1 aromatic carbocycles. The summed E-state index contributed by atoms with van der Waals surface area (Å²) in [6.45, 7) is 8.84. The van der Waals surface area contributed by atoms with Gasteiger partial charge in [-0.05, 0) is 31.2 Å². The van der Waals surface area contributed by atoms with Gasteiger partial charge in [-0.25, -0.2) is 0 Å². The number of nitrogens with zero attached hydrogens (tertiary/aromatic N) is 1. The highest BCUT2D eigenvalue weighted by molar-refractivity contribution is 5.79. The molecule has 0 aliphatic carbocycles. The molecule has 21 heavy (non-hydrogen) atoms. The van der Waals surface area contributed by atoms with E-state index in [4.69, 9.17) is 0 Å². The fourth-order valence-electron chi connectivity index (χ4n) is 1.96. The van der Waals surface area contributed by atoms with E-state index in [1.807, 2.05) is 30.3 Å². The summed E-state index contributed by atoms with van der Waals surface area (Å²) in [5, 5.41) is 16.7. The molecule has 4 heteroatoms. The standard InChI is InChI=1S/C17H29N3O/c1-4-18-17(19-12-10-14(2)3)20-13-11-16(21)15-8-6-5-7-9-15/h5-9,14,16,21H,4,10-13H2,1-3H3,(H2,18,19,20). The number of rotatable bonds is 8. The second kappa shape index (κ2) is 10.2. The van der Waals surface area contributed by atoms with Gasteiger partial charge in [0.25, 0.3) is 0 Å². The Hall–Kier alpha value is -1.55. The maximum absolute atomic E-state index is 10.1. The van der Waals surface area contributed by atoms with Gasteiger partial charge in [0, 0.05) is 19.6 Å². The third-order valence-electron chi connectivity index (χ3n) is 3.22. The first-order valence-corrected chi connectivity index (χ1v) is 7.88. The molecule has 0 aliphatic heterocycles. The maximum atomic E-state index is 10.1. The molecular formula is C17H29N3O. The predicted octanol–water partition coefficient (Wildman–Crippen LogP) is 2.71. The van der Waals surface area contributed by atoms with Crippen molar-refractivity contribution in [3.63, 3.8) is 0 Å². The highest BCUT2D eigenvalue weighted by Crippen LogP contribution is 2.15. The molecule has 3 N–H and O–H groups in total. The van der Waals surface area contributed by atoms with Gasteiger partial charge in [-0.15, -0.1) is 0 Å². The summed E-state index contributed by atoms with van der Waals surface area (Å²) in [6.07, 6.45) is 1.30. The summed E-state index contributed by atoms with van der Waals surface area (Å²) < 4.78 is 0. The number of aliphatic hydroxyl groups is 1. The van der Waals surface area contributed by atoms with Crippen LogP contribution in [0.4, 0.5) is 0 Å². The predicted molar refractivity (Wildman–Crippen MR) is 89.5 cm³/mol. The highest BCUT2D eigenvalue weighted by atomic mass is 16.3. The Balaban J connectivity index is 2.39. The van der Waals surface area contributed by atoms with Crippen molar-refractivity contribution in [1.29, 1.82) is 0 Å². The number of nitrogens with one attached hydrogen (secondary N) is 2. The van der Waals surface area contributed by atoms with Gasteiger partial charge in [-0.2, -0.15) is 0 Å². The van der Waals surface area contributed by atoms with E-state index >= 15 is 0 Å². The number of hydrogen-bond donors (Lipinski definition) is 3. The molecule has 118 valence electrons. The zero-order valence-corrected chi connectivity index (χ0v) is 13.5. The largest absolute Gasteiger partial charge is 0.388 e. The molecular weight excluding hydrogens is 262 g/mol. The first-order valence-electron chi connectivity index (χ1n) is 7.88. The van der Waals surface area contributed by atoms with Crippen molar-refractivity contribution in [3.8, 4) is 0 Å². The third kappa shape index (κ3) is 7.71. The lowest BCUT2D eigenvalue weighted by atomic mass is 10.1. The highest BCUT2D eigenvalue weighted by Gasteiger charge is 2.06. The average Bonchev–Trinajstić information content (AvgIpc) is 2.47. The maximum Gasteiger partial charge on any atom is 0.191 e. The normalized spacial score (nSPS) is 13.3. The molecule has 1 aromatic rings. The molecule has 1 atom stereocenters. The van der Waals surface area contributed by atoms with Gasteiger partial charge in [-0.3, -0.25) is 4.99 Å². The van der Waals surface area contributed by atoms with Gasteiger partial charge in [0.1, 0.15) is 0 Å². The Kier molecular flexibility index (Phi) is 8.51. The van der Waals surface area contributed by atoms with E-state index in [9.17, 15) is 5.11 Å². The lowest BCUT2D eigenvalue weighted by molar-refractivity contribution is 0.170. The van der Waals surface area contributed by atoms with Crippen LogP contribution in [-0.4, -0.2) is 30.7 Å². The van der Waals surface area contributed by atoms with Gasteiger partial charge in [-0.1, -0.05) is 44.2 Å². The second-order valence-corrected chi connectivity index (χ2v) is 5.59. The molecule has 0 radical (unpaired) electrons. The lowest BCUT2D eigenvalue weighted by Gasteiger charge is -2.13. The van der Waals surface area contributed by atoms with E-state index in [1.165, 1.54) is 0 Å². The van der Waals surface area contributed by atoms with Crippen molar-refractivity contribution in [2.45, 2.75) is 39.7 Å². The molecule has 1 rings (SSSR count). The van der Waals surface area contributed by atoms with Crippen LogP contribution in [-0.2, 0) is 0 Å². The molecule has 0 amide bonds. The number of guanidine groups is 1. The van der Waals surface area contributed by atoms with Crippen LogP contribution in [0.1, 0.15) is 45.3 Å². The number of aliphatic imine (C=N–C) groups is 1. The summed E-state index contributed by atoms with van der Waals surface area (Å²) in [6, 6.07) is 9.73. The van der Waals surface area contributed by atoms with E-state index in [2.05, 4.69) is 36.4 Å². The summed E-state index contributed by atoms with van der Waals surface area (Å²) in [5.41, 5.74) is 0.950. The molecule has 0 saturated carbocycles. The first kappa shape index (κ1) is 17.5. The van der Waals surface area contributed by atoms with Crippen LogP contribution in [0.15, 0.2) is 35.3 Å². The summed E-state index contributed by atoms with van der Waals surface area (Å²) >= 11 is 0. The van der Waals surface area contributed by atoms with Crippen LogP contribution in [0.25, 0.3) is 0 Å². The summed E-state index contributed by atoms with van der Waals surface area (Å²) in [5.74, 6) is 1.51. The SMILES string of the molecule is CCNC(=NCCC(O)c1ccccc1)NCCC(C)C. The number of benzene rings is 1. The average molecular weight is 291 g/mol. The van der Waals surface area contributed by atoms with E-state index in [-0.39, 0.29) is 0 Å². The fourth-order valence-corrected chi connectivity index (χ4v) is 1.96. The van der Waals surface area contributed by atoms with Crippen molar-refractivity contribution < 1.29 is 5.11 Å². The molecule has 1 unspecified atom stereocenters. The lowest BCUT2D eigenvalue weighted by Crippen LogP contribution is -2.38. The van der Waals surface area contributed by atoms with Crippen LogP contribution in [0.2, 0.25) is 0 Å². The van der Waals surface area contributed by atoms with Crippen molar-refractivity contribution in [2.24, 2.45) is 10.9 Å². The van der Waals surface area contributed by atoms with Crippen molar-refractivity contribution in [1.82, 2.24) is 10.6 Å². The van der Waals surface area contributed by atoms with E-state index in [1.54, 1.807) is 0 Å². The Morgan fingerprint density at radius 3 is 2.48 bits per heavy atom. The van der Waals surface area contributed by atoms with Crippen LogP contribution >= 0.6 is 0 Å². The minimum atomic E-state index is -0.450. The summed E-state index contributed by atoms with van der Waals surface area (Å²) in [4.78, 5) is 4.51.